The molecule has 1 unspecified atom stereocenters. The summed E-state index contributed by atoms with van der Waals surface area (Å²) >= 11 is 0. The van der Waals surface area contributed by atoms with E-state index in [9.17, 15) is 4.79 Å². The molecule has 1 atom stereocenters. The molecule has 2 amide bonds. The molecule has 1 fully saturated rings. The summed E-state index contributed by atoms with van der Waals surface area (Å²) < 4.78 is 1.80. The Bertz CT molecular complexity index is 328. The lowest BCUT2D eigenvalue weighted by Crippen LogP contribution is -2.23. The van der Waals surface area contributed by atoms with E-state index < -0.39 is 6.03 Å². The van der Waals surface area contributed by atoms with Crippen molar-refractivity contribution in [1.82, 2.24) is 15.1 Å². The first-order chi connectivity index (χ1) is 6.77. The lowest BCUT2D eigenvalue weighted by atomic mass is 10.3. The molecule has 0 bridgehead atoms. The maximum atomic E-state index is 10.7. The van der Waals surface area contributed by atoms with Gasteiger partial charge in [0.1, 0.15) is 5.82 Å². The average molecular weight is 195 g/mol. The number of carbonyl (C=O) groups excluding carboxylic acids is 1. The van der Waals surface area contributed by atoms with E-state index in [4.69, 9.17) is 5.73 Å². The van der Waals surface area contributed by atoms with Crippen LogP contribution in [-0.2, 0) is 0 Å². The van der Waals surface area contributed by atoms with Crippen molar-refractivity contribution in [1.29, 1.82) is 0 Å². The fourth-order valence-electron chi connectivity index (χ4n) is 1.68. The third-order valence-corrected chi connectivity index (χ3v) is 2.30. The van der Waals surface area contributed by atoms with Gasteiger partial charge in [-0.2, -0.15) is 5.10 Å². The lowest BCUT2D eigenvalue weighted by molar-refractivity contribution is 0.259. The van der Waals surface area contributed by atoms with Crippen molar-refractivity contribution in [2.24, 2.45) is 5.73 Å². The third-order valence-electron chi connectivity index (χ3n) is 2.30. The van der Waals surface area contributed by atoms with Gasteiger partial charge < -0.3 is 11.1 Å². The van der Waals surface area contributed by atoms with Crippen LogP contribution in [0.4, 0.5) is 10.6 Å². The number of rotatable bonds is 2. The second kappa shape index (κ2) is 3.67. The molecule has 0 radical (unpaired) electrons. The van der Waals surface area contributed by atoms with Gasteiger partial charge in [-0.1, -0.05) is 0 Å². The topological polar surface area (TPSA) is 85.0 Å². The average Bonchev–Trinajstić information content (AvgIpc) is 2.70. The van der Waals surface area contributed by atoms with E-state index in [1.54, 1.807) is 16.9 Å². The van der Waals surface area contributed by atoms with E-state index in [0.717, 1.165) is 19.5 Å². The number of nitrogens with zero attached hydrogens (tertiary/aromatic N) is 2. The Kier molecular flexibility index (Phi) is 2.36. The third kappa shape index (κ3) is 1.69. The number of nitrogens with one attached hydrogen (secondary N) is 2. The molecule has 1 aliphatic rings. The number of nitrogens with two attached hydrogens (primary N) is 1. The molecule has 14 heavy (non-hydrogen) atoms. The van der Waals surface area contributed by atoms with Gasteiger partial charge in [0.05, 0.1) is 12.2 Å². The van der Waals surface area contributed by atoms with Gasteiger partial charge in [-0.15, -0.1) is 0 Å². The minimum Gasteiger partial charge on any atom is -0.351 e. The highest BCUT2D eigenvalue weighted by atomic mass is 16.2. The number of hydrogen-bond acceptors (Lipinski definition) is 3. The predicted molar refractivity (Wildman–Crippen MR) is 52.0 cm³/mol. The Balaban J connectivity index is 2.15. The van der Waals surface area contributed by atoms with Gasteiger partial charge in [0, 0.05) is 12.6 Å². The summed E-state index contributed by atoms with van der Waals surface area (Å²) in [5.74, 6) is 0.659. The molecule has 4 N–H and O–H groups in total. The zero-order valence-electron chi connectivity index (χ0n) is 7.73. The van der Waals surface area contributed by atoms with Gasteiger partial charge in [-0.3, -0.25) is 5.32 Å². The molecule has 6 heteroatoms. The predicted octanol–water partition coefficient (Wildman–Crippen LogP) is -0.0919. The second-order valence-electron chi connectivity index (χ2n) is 3.30. The van der Waals surface area contributed by atoms with Crippen molar-refractivity contribution in [3.63, 3.8) is 0 Å². The zero-order chi connectivity index (χ0) is 9.97. The number of amides is 2. The Morgan fingerprint density at radius 3 is 3.29 bits per heavy atom. The number of primary amides is 1. The van der Waals surface area contributed by atoms with Crippen LogP contribution in [0, 0.1) is 0 Å². The first-order valence-electron chi connectivity index (χ1n) is 4.58. The molecule has 2 heterocycles. The van der Waals surface area contributed by atoms with Crippen molar-refractivity contribution < 1.29 is 4.79 Å². The highest BCUT2D eigenvalue weighted by molar-refractivity contribution is 5.86. The summed E-state index contributed by atoms with van der Waals surface area (Å²) in [5.41, 5.74) is 5.04. The van der Waals surface area contributed by atoms with E-state index in [1.807, 2.05) is 0 Å². The highest BCUT2D eigenvalue weighted by Gasteiger charge is 2.19. The smallest absolute Gasteiger partial charge is 0.317 e. The van der Waals surface area contributed by atoms with Crippen molar-refractivity contribution in [3.05, 3.63) is 12.3 Å². The number of aromatic nitrogens is 2. The number of carbonyl (C=O) groups is 1. The Hall–Kier alpha value is -1.56. The van der Waals surface area contributed by atoms with Crippen molar-refractivity contribution >= 4 is 11.8 Å². The standard InChI is InChI=1S/C8H13N5O/c9-8(14)12-7-2-4-11-13(7)6-1-3-10-5-6/h2,4,6,10H,1,3,5H2,(H3,9,12,14). The molecule has 1 aromatic rings. The summed E-state index contributed by atoms with van der Waals surface area (Å²) in [6.07, 6.45) is 2.68. The Morgan fingerprint density at radius 2 is 2.64 bits per heavy atom. The van der Waals surface area contributed by atoms with E-state index >= 15 is 0 Å². The van der Waals surface area contributed by atoms with Crippen LogP contribution >= 0.6 is 0 Å². The van der Waals surface area contributed by atoms with Gasteiger partial charge in [-0.25, -0.2) is 9.48 Å². The van der Waals surface area contributed by atoms with Gasteiger partial charge in [0.25, 0.3) is 0 Å². The first kappa shape index (κ1) is 9.01. The minimum atomic E-state index is -0.558. The molecular formula is C8H13N5O. The highest BCUT2D eigenvalue weighted by Crippen LogP contribution is 2.19. The SMILES string of the molecule is NC(=O)Nc1ccnn1C1CCNC1. The largest absolute Gasteiger partial charge is 0.351 e. The van der Waals surface area contributed by atoms with E-state index in [-0.39, 0.29) is 0 Å². The molecule has 76 valence electrons. The van der Waals surface area contributed by atoms with Crippen molar-refractivity contribution in [3.8, 4) is 0 Å². The number of anilines is 1. The van der Waals surface area contributed by atoms with Crippen LogP contribution in [0.15, 0.2) is 12.3 Å². The van der Waals surface area contributed by atoms with Crippen LogP contribution in [0.1, 0.15) is 12.5 Å². The molecule has 0 aromatic carbocycles. The Labute approximate surface area is 81.5 Å². The van der Waals surface area contributed by atoms with Gasteiger partial charge in [0.2, 0.25) is 0 Å². The van der Waals surface area contributed by atoms with E-state index in [0.29, 0.717) is 11.9 Å². The summed E-state index contributed by atoms with van der Waals surface area (Å²) in [4.78, 5) is 10.7. The van der Waals surface area contributed by atoms with Crippen LogP contribution in [0.3, 0.4) is 0 Å². The minimum absolute atomic E-state index is 0.312. The maximum absolute atomic E-state index is 10.7. The van der Waals surface area contributed by atoms with Crippen LogP contribution in [0.2, 0.25) is 0 Å². The number of urea groups is 1. The van der Waals surface area contributed by atoms with E-state index in [2.05, 4.69) is 15.7 Å². The van der Waals surface area contributed by atoms with Crippen LogP contribution < -0.4 is 16.4 Å². The fraction of sp³-hybridized carbons (Fsp3) is 0.500. The summed E-state index contributed by atoms with van der Waals surface area (Å²) in [5, 5.41) is 9.94. The molecule has 1 aliphatic heterocycles. The molecule has 6 nitrogen and oxygen atoms in total. The maximum Gasteiger partial charge on any atom is 0.317 e. The molecule has 1 aromatic heterocycles. The van der Waals surface area contributed by atoms with Gasteiger partial charge >= 0.3 is 6.03 Å². The Morgan fingerprint density at radius 1 is 1.79 bits per heavy atom. The molecule has 1 saturated heterocycles. The molecule has 2 rings (SSSR count). The number of hydrogen-bond donors (Lipinski definition) is 3. The summed E-state index contributed by atoms with van der Waals surface area (Å²) in [6, 6.07) is 1.49. The van der Waals surface area contributed by atoms with Gasteiger partial charge in [0.15, 0.2) is 0 Å². The molecular weight excluding hydrogens is 182 g/mol. The molecule has 0 saturated carbocycles. The quantitative estimate of drug-likeness (QED) is 0.616. The summed E-state index contributed by atoms with van der Waals surface area (Å²) in [6.45, 7) is 1.87. The first-order valence-corrected chi connectivity index (χ1v) is 4.58. The van der Waals surface area contributed by atoms with Crippen LogP contribution in [0.5, 0.6) is 0 Å². The lowest BCUT2D eigenvalue weighted by Gasteiger charge is -2.12. The van der Waals surface area contributed by atoms with E-state index in [1.165, 1.54) is 0 Å². The summed E-state index contributed by atoms with van der Waals surface area (Å²) in [7, 11) is 0. The normalized spacial score (nSPS) is 21.0. The fourth-order valence-corrected chi connectivity index (χ4v) is 1.68. The van der Waals surface area contributed by atoms with Gasteiger partial charge in [-0.05, 0) is 13.0 Å². The zero-order valence-corrected chi connectivity index (χ0v) is 7.73. The second-order valence-corrected chi connectivity index (χ2v) is 3.30. The van der Waals surface area contributed by atoms with Crippen molar-refractivity contribution in [2.75, 3.05) is 18.4 Å². The van der Waals surface area contributed by atoms with Crippen molar-refractivity contribution in [2.45, 2.75) is 12.5 Å². The van der Waals surface area contributed by atoms with Crippen LogP contribution in [0.25, 0.3) is 0 Å². The monoisotopic (exact) mass is 195 g/mol. The molecule has 0 spiro atoms. The van der Waals surface area contributed by atoms with Crippen LogP contribution in [-0.4, -0.2) is 28.9 Å². The molecule has 0 aliphatic carbocycles.